The minimum atomic E-state index is -1.18. The first-order valence-electron chi connectivity index (χ1n) is 8.51. The van der Waals surface area contributed by atoms with E-state index in [1.54, 1.807) is 0 Å². The average molecular weight is 368 g/mol. The van der Waals surface area contributed by atoms with Crippen molar-refractivity contribution in [2.45, 2.75) is 38.8 Å². The van der Waals surface area contributed by atoms with Crippen LogP contribution in [0.1, 0.15) is 37.6 Å². The summed E-state index contributed by atoms with van der Waals surface area (Å²) in [7, 11) is 0. The third kappa shape index (κ3) is 6.18. The van der Waals surface area contributed by atoms with E-state index in [1.807, 2.05) is 20.8 Å². The molecule has 8 heteroatoms. The van der Waals surface area contributed by atoms with Crippen LogP contribution in [0.4, 0.5) is 9.18 Å². The Balaban J connectivity index is 1.73. The molecule has 1 saturated heterocycles. The fourth-order valence-electron chi connectivity index (χ4n) is 2.66. The van der Waals surface area contributed by atoms with Crippen LogP contribution in [-0.4, -0.2) is 60.0 Å². The highest BCUT2D eigenvalue weighted by Gasteiger charge is 2.26. The van der Waals surface area contributed by atoms with Crippen molar-refractivity contribution in [3.63, 3.8) is 0 Å². The quantitative estimate of drug-likeness (QED) is 0.802. The lowest BCUT2D eigenvalue weighted by atomic mass is 10.2. The average Bonchev–Trinajstić information content (AvgIpc) is 2.94. The van der Waals surface area contributed by atoms with Gasteiger partial charge in [-0.25, -0.2) is 14.0 Å². The van der Waals surface area contributed by atoms with Gasteiger partial charge in [-0.15, -0.1) is 0 Å². The number of likely N-dealkylation sites (tertiary alicyclic amines) is 1. The Bertz CT molecular complexity index is 659. The smallest absolute Gasteiger partial charge is 0.407 e. The summed E-state index contributed by atoms with van der Waals surface area (Å²) in [6.07, 6.45) is 0.377. The lowest BCUT2D eigenvalue weighted by molar-refractivity contribution is 0.0505. The van der Waals surface area contributed by atoms with Crippen molar-refractivity contribution in [2.24, 2.45) is 0 Å². The lowest BCUT2D eigenvalue weighted by Crippen LogP contribution is -2.40. The highest BCUT2D eigenvalue weighted by molar-refractivity contribution is 5.87. The van der Waals surface area contributed by atoms with E-state index in [9.17, 15) is 14.0 Å². The molecule has 0 spiro atoms. The second-order valence-corrected chi connectivity index (χ2v) is 7.23. The molecule has 1 amide bonds. The van der Waals surface area contributed by atoms with E-state index < -0.39 is 23.5 Å². The lowest BCUT2D eigenvalue weighted by Gasteiger charge is -2.22. The number of benzene rings is 1. The molecule has 0 aliphatic carbocycles. The fraction of sp³-hybridized carbons (Fsp3) is 0.556. The van der Waals surface area contributed by atoms with Crippen LogP contribution in [0, 0.1) is 5.82 Å². The molecule has 0 radical (unpaired) electrons. The Kier molecular flexibility index (Phi) is 6.42. The normalized spacial score (nSPS) is 17.8. The first kappa shape index (κ1) is 20.0. The van der Waals surface area contributed by atoms with Gasteiger partial charge in [0.2, 0.25) is 0 Å². The Morgan fingerprint density at radius 3 is 2.73 bits per heavy atom. The number of halogens is 1. The van der Waals surface area contributed by atoms with E-state index in [1.165, 1.54) is 12.1 Å². The van der Waals surface area contributed by atoms with E-state index in [0.717, 1.165) is 19.0 Å². The number of carboxylic acid groups (broad SMARTS) is 1. The molecule has 1 atom stereocenters. The van der Waals surface area contributed by atoms with Gasteiger partial charge >= 0.3 is 12.1 Å². The van der Waals surface area contributed by atoms with Crippen molar-refractivity contribution in [2.75, 3.05) is 26.2 Å². The minimum Gasteiger partial charge on any atom is -0.489 e. The molecule has 0 bridgehead atoms. The molecule has 2 rings (SSSR count). The molecule has 1 aromatic rings. The zero-order valence-corrected chi connectivity index (χ0v) is 15.3. The Labute approximate surface area is 152 Å². The number of nitrogens with zero attached hydrogens (tertiary/aromatic N) is 1. The predicted octanol–water partition coefficient (Wildman–Crippen LogP) is 2.50. The summed E-state index contributed by atoms with van der Waals surface area (Å²) in [6.45, 7) is 7.75. The minimum absolute atomic E-state index is 0.0106. The third-order valence-corrected chi connectivity index (χ3v) is 3.84. The monoisotopic (exact) mass is 368 g/mol. The molecule has 1 aliphatic rings. The van der Waals surface area contributed by atoms with Gasteiger partial charge in [0.05, 0.1) is 5.56 Å². The number of ether oxygens (including phenoxy) is 2. The van der Waals surface area contributed by atoms with Gasteiger partial charge in [0.1, 0.15) is 12.2 Å². The summed E-state index contributed by atoms with van der Waals surface area (Å²) in [4.78, 5) is 24.7. The fourth-order valence-corrected chi connectivity index (χ4v) is 2.66. The number of nitrogens with one attached hydrogen (secondary N) is 1. The largest absolute Gasteiger partial charge is 0.489 e. The van der Waals surface area contributed by atoms with Crippen molar-refractivity contribution < 1.29 is 28.6 Å². The van der Waals surface area contributed by atoms with Crippen molar-refractivity contribution in [3.8, 4) is 5.75 Å². The molecule has 144 valence electrons. The SMILES string of the molecule is CC(C)(C)OC(=O)NC1CCN(CCOc2ccc(C(=O)O)cc2F)C1. The molecule has 1 aliphatic heterocycles. The number of hydrogen-bond acceptors (Lipinski definition) is 5. The highest BCUT2D eigenvalue weighted by atomic mass is 19.1. The molecule has 0 saturated carbocycles. The van der Waals surface area contributed by atoms with Gasteiger partial charge in [0.15, 0.2) is 11.6 Å². The summed E-state index contributed by atoms with van der Waals surface area (Å²) < 4.78 is 24.4. The number of alkyl carbamates (subject to hydrolysis) is 1. The Morgan fingerprint density at radius 1 is 1.38 bits per heavy atom. The highest BCUT2D eigenvalue weighted by Crippen LogP contribution is 2.19. The van der Waals surface area contributed by atoms with Gasteiger partial charge in [-0.3, -0.25) is 4.90 Å². The number of carbonyl (C=O) groups is 2. The molecule has 1 unspecified atom stereocenters. The summed E-state index contributed by atoms with van der Waals surface area (Å²) >= 11 is 0. The predicted molar refractivity (Wildman–Crippen MR) is 93.1 cm³/mol. The van der Waals surface area contributed by atoms with Crippen LogP contribution < -0.4 is 10.1 Å². The molecule has 1 heterocycles. The van der Waals surface area contributed by atoms with Crippen molar-refractivity contribution in [3.05, 3.63) is 29.6 Å². The van der Waals surface area contributed by atoms with E-state index in [0.29, 0.717) is 13.1 Å². The molecule has 0 aromatic heterocycles. The van der Waals surface area contributed by atoms with Crippen LogP contribution in [-0.2, 0) is 4.74 Å². The van der Waals surface area contributed by atoms with E-state index in [-0.39, 0.29) is 24.0 Å². The molecule has 2 N–H and O–H groups in total. The van der Waals surface area contributed by atoms with Crippen LogP contribution >= 0.6 is 0 Å². The number of carbonyl (C=O) groups excluding carboxylic acids is 1. The molecular formula is C18H25FN2O5. The zero-order chi connectivity index (χ0) is 19.3. The van der Waals surface area contributed by atoms with Gasteiger partial charge in [-0.1, -0.05) is 0 Å². The first-order chi connectivity index (χ1) is 12.1. The van der Waals surface area contributed by atoms with Gasteiger partial charge in [0, 0.05) is 25.7 Å². The summed E-state index contributed by atoms with van der Waals surface area (Å²) in [5.74, 6) is -1.86. The maximum atomic E-state index is 13.8. The van der Waals surface area contributed by atoms with Crippen LogP contribution in [0.25, 0.3) is 0 Å². The molecule has 1 aromatic carbocycles. The summed E-state index contributed by atoms with van der Waals surface area (Å²) in [5.41, 5.74) is -0.651. The molecule has 1 fully saturated rings. The van der Waals surface area contributed by atoms with Crippen molar-refractivity contribution in [1.82, 2.24) is 10.2 Å². The van der Waals surface area contributed by atoms with Crippen LogP contribution in [0.15, 0.2) is 18.2 Å². The van der Waals surface area contributed by atoms with Crippen molar-refractivity contribution >= 4 is 12.1 Å². The number of hydrogen-bond donors (Lipinski definition) is 2. The van der Waals surface area contributed by atoms with Crippen LogP contribution in [0.3, 0.4) is 0 Å². The second-order valence-electron chi connectivity index (χ2n) is 7.23. The van der Waals surface area contributed by atoms with Crippen LogP contribution in [0.2, 0.25) is 0 Å². The van der Waals surface area contributed by atoms with Gasteiger partial charge in [-0.2, -0.15) is 0 Å². The number of amides is 1. The Morgan fingerprint density at radius 2 is 2.12 bits per heavy atom. The summed E-state index contributed by atoms with van der Waals surface area (Å²) in [6, 6.07) is 3.57. The number of rotatable bonds is 6. The van der Waals surface area contributed by atoms with Gasteiger partial charge in [0.25, 0.3) is 0 Å². The molecule has 7 nitrogen and oxygen atoms in total. The summed E-state index contributed by atoms with van der Waals surface area (Å²) in [5, 5.41) is 11.7. The van der Waals surface area contributed by atoms with Crippen LogP contribution in [0.5, 0.6) is 5.75 Å². The maximum absolute atomic E-state index is 13.8. The molecular weight excluding hydrogens is 343 g/mol. The van der Waals surface area contributed by atoms with Gasteiger partial charge in [-0.05, 0) is 45.4 Å². The second kappa shape index (κ2) is 8.35. The molecule has 26 heavy (non-hydrogen) atoms. The maximum Gasteiger partial charge on any atom is 0.407 e. The number of carboxylic acids is 1. The third-order valence-electron chi connectivity index (χ3n) is 3.84. The first-order valence-corrected chi connectivity index (χ1v) is 8.51. The Hall–Kier alpha value is -2.35. The standard InChI is InChI=1S/C18H25FN2O5/c1-18(2,3)26-17(24)20-13-6-7-21(11-13)8-9-25-15-5-4-12(16(22)23)10-14(15)19/h4-5,10,13H,6-9,11H2,1-3H3,(H,20,24)(H,22,23). The van der Waals surface area contributed by atoms with E-state index >= 15 is 0 Å². The van der Waals surface area contributed by atoms with Crippen molar-refractivity contribution in [1.29, 1.82) is 0 Å². The topological polar surface area (TPSA) is 88.1 Å². The zero-order valence-electron chi connectivity index (χ0n) is 15.3. The number of aromatic carboxylic acids is 1. The van der Waals surface area contributed by atoms with Gasteiger partial charge < -0.3 is 19.9 Å². The van der Waals surface area contributed by atoms with E-state index in [2.05, 4.69) is 10.2 Å². The van der Waals surface area contributed by atoms with E-state index in [4.69, 9.17) is 14.6 Å².